The van der Waals surface area contributed by atoms with Gasteiger partial charge in [0.05, 0.1) is 0 Å². The van der Waals surface area contributed by atoms with Crippen molar-refractivity contribution in [2.45, 2.75) is 38.4 Å². The second kappa shape index (κ2) is 5.23. The molecule has 3 heterocycles. The van der Waals surface area contributed by atoms with Gasteiger partial charge >= 0.3 is 5.97 Å². The molecule has 1 aromatic rings. The van der Waals surface area contributed by atoms with Crippen LogP contribution in [-0.4, -0.2) is 52.6 Å². The lowest BCUT2D eigenvalue weighted by atomic mass is 10.1. The van der Waals surface area contributed by atoms with Gasteiger partial charge < -0.3 is 5.11 Å². The van der Waals surface area contributed by atoms with E-state index in [-0.39, 0.29) is 0 Å². The number of thiophene rings is 1. The zero-order chi connectivity index (χ0) is 13.4. The van der Waals surface area contributed by atoms with Gasteiger partial charge in [-0.2, -0.15) is 0 Å². The first-order chi connectivity index (χ1) is 9.13. The van der Waals surface area contributed by atoms with Gasteiger partial charge in [-0.15, -0.1) is 11.3 Å². The minimum Gasteiger partial charge on any atom is -0.477 e. The Morgan fingerprint density at radius 2 is 2.32 bits per heavy atom. The normalized spacial score (nSPS) is 28.5. The van der Waals surface area contributed by atoms with Crippen molar-refractivity contribution in [3.8, 4) is 0 Å². The summed E-state index contributed by atoms with van der Waals surface area (Å²) in [6.45, 7) is 6.71. The van der Waals surface area contributed by atoms with Crippen molar-refractivity contribution in [1.82, 2.24) is 9.80 Å². The largest absolute Gasteiger partial charge is 0.477 e. The van der Waals surface area contributed by atoms with E-state index in [1.165, 1.54) is 30.7 Å². The number of hydrogen-bond donors (Lipinski definition) is 1. The van der Waals surface area contributed by atoms with Gasteiger partial charge in [-0.05, 0) is 38.4 Å². The number of carboxylic acid groups (broad SMARTS) is 1. The van der Waals surface area contributed by atoms with Crippen LogP contribution in [0, 0.1) is 0 Å². The second-order valence-electron chi connectivity index (χ2n) is 5.64. The van der Waals surface area contributed by atoms with Gasteiger partial charge in [-0.3, -0.25) is 9.80 Å². The van der Waals surface area contributed by atoms with Crippen LogP contribution in [0.3, 0.4) is 0 Å². The van der Waals surface area contributed by atoms with Crippen molar-refractivity contribution >= 4 is 17.3 Å². The molecule has 1 N–H and O–H groups in total. The first-order valence-corrected chi connectivity index (χ1v) is 7.75. The van der Waals surface area contributed by atoms with Gasteiger partial charge in [-0.1, -0.05) is 0 Å². The number of fused-ring (bicyclic) bond motifs is 1. The highest BCUT2D eigenvalue weighted by molar-refractivity contribution is 7.13. The van der Waals surface area contributed by atoms with E-state index in [0.717, 1.165) is 30.6 Å². The maximum absolute atomic E-state index is 10.9. The Hall–Kier alpha value is -0.910. The highest BCUT2D eigenvalue weighted by atomic mass is 32.1. The lowest BCUT2D eigenvalue weighted by Gasteiger charge is -2.42. The number of rotatable bonds is 3. The molecule has 2 aliphatic heterocycles. The van der Waals surface area contributed by atoms with Crippen LogP contribution in [-0.2, 0) is 6.54 Å². The van der Waals surface area contributed by atoms with Gasteiger partial charge in [-0.25, -0.2) is 4.79 Å². The van der Waals surface area contributed by atoms with Crippen LogP contribution in [0.1, 0.15) is 34.3 Å². The molecule has 2 fully saturated rings. The smallest absolute Gasteiger partial charge is 0.345 e. The topological polar surface area (TPSA) is 43.8 Å². The molecule has 3 rings (SSSR count). The van der Waals surface area contributed by atoms with Crippen LogP contribution in [0.2, 0.25) is 0 Å². The lowest BCUT2D eigenvalue weighted by Crippen LogP contribution is -2.54. The first kappa shape index (κ1) is 13.1. The third-order valence-electron chi connectivity index (χ3n) is 4.30. The van der Waals surface area contributed by atoms with E-state index in [1.54, 1.807) is 6.07 Å². The van der Waals surface area contributed by atoms with Gasteiger partial charge in [0.25, 0.3) is 0 Å². The van der Waals surface area contributed by atoms with Crippen molar-refractivity contribution in [3.63, 3.8) is 0 Å². The summed E-state index contributed by atoms with van der Waals surface area (Å²) < 4.78 is 0. The summed E-state index contributed by atoms with van der Waals surface area (Å²) in [5.41, 5.74) is 0. The molecule has 0 aliphatic carbocycles. The molecule has 0 spiro atoms. The summed E-state index contributed by atoms with van der Waals surface area (Å²) in [6.07, 6.45) is 2.64. The molecule has 0 amide bonds. The molecule has 1 aromatic heterocycles. The Labute approximate surface area is 117 Å². The highest BCUT2D eigenvalue weighted by Crippen LogP contribution is 2.27. The molecule has 104 valence electrons. The van der Waals surface area contributed by atoms with Crippen molar-refractivity contribution in [1.29, 1.82) is 0 Å². The summed E-state index contributed by atoms with van der Waals surface area (Å²) in [7, 11) is 0. The van der Waals surface area contributed by atoms with Gasteiger partial charge in [0.1, 0.15) is 4.88 Å². The summed E-state index contributed by atoms with van der Waals surface area (Å²) in [4.78, 5) is 17.6. The Kier molecular flexibility index (Phi) is 3.60. The molecule has 4 nitrogen and oxygen atoms in total. The number of nitrogens with zero attached hydrogens (tertiary/aromatic N) is 2. The van der Waals surface area contributed by atoms with Crippen molar-refractivity contribution in [2.24, 2.45) is 0 Å². The third-order valence-corrected chi connectivity index (χ3v) is 5.36. The van der Waals surface area contributed by atoms with Crippen LogP contribution < -0.4 is 0 Å². The fourth-order valence-corrected chi connectivity index (χ4v) is 4.12. The fourth-order valence-electron chi connectivity index (χ4n) is 3.25. The Balaban J connectivity index is 1.66. The molecular formula is C14H20N2O2S. The zero-order valence-electron chi connectivity index (χ0n) is 11.2. The predicted molar refractivity (Wildman–Crippen MR) is 75.7 cm³/mol. The molecule has 5 heteroatoms. The van der Waals surface area contributed by atoms with E-state index in [1.807, 2.05) is 6.07 Å². The van der Waals surface area contributed by atoms with E-state index in [4.69, 9.17) is 5.11 Å². The average molecular weight is 280 g/mol. The Morgan fingerprint density at radius 3 is 3.05 bits per heavy atom. The number of carboxylic acids is 1. The van der Waals surface area contributed by atoms with Crippen molar-refractivity contribution in [3.05, 3.63) is 21.9 Å². The molecule has 2 unspecified atom stereocenters. The quantitative estimate of drug-likeness (QED) is 0.921. The number of hydrogen-bond acceptors (Lipinski definition) is 4. The van der Waals surface area contributed by atoms with Gasteiger partial charge in [0, 0.05) is 36.6 Å². The minimum atomic E-state index is -0.815. The molecule has 0 saturated carbocycles. The molecular weight excluding hydrogens is 260 g/mol. The van der Waals surface area contributed by atoms with E-state index < -0.39 is 5.97 Å². The molecule has 0 bridgehead atoms. The first-order valence-electron chi connectivity index (χ1n) is 6.93. The highest BCUT2D eigenvalue weighted by Gasteiger charge is 2.34. The van der Waals surface area contributed by atoms with E-state index >= 15 is 0 Å². The summed E-state index contributed by atoms with van der Waals surface area (Å²) in [6, 6.07) is 4.96. The lowest BCUT2D eigenvalue weighted by molar-refractivity contribution is 0.0547. The summed E-state index contributed by atoms with van der Waals surface area (Å²) in [5, 5.41) is 8.97. The molecule has 0 radical (unpaired) electrons. The van der Waals surface area contributed by atoms with E-state index in [2.05, 4.69) is 16.7 Å². The van der Waals surface area contributed by atoms with Crippen LogP contribution in [0.25, 0.3) is 0 Å². The van der Waals surface area contributed by atoms with Crippen molar-refractivity contribution < 1.29 is 9.90 Å². The number of carbonyl (C=O) groups is 1. The molecule has 19 heavy (non-hydrogen) atoms. The molecule has 0 aromatic carbocycles. The zero-order valence-corrected chi connectivity index (χ0v) is 12.0. The maximum Gasteiger partial charge on any atom is 0.345 e. The van der Waals surface area contributed by atoms with Gasteiger partial charge in [0.2, 0.25) is 0 Å². The second-order valence-corrected chi connectivity index (χ2v) is 6.81. The van der Waals surface area contributed by atoms with E-state index in [9.17, 15) is 4.79 Å². The standard InChI is InChI=1S/C14H20N2O2S/c1-10-7-15-6-2-3-11(15)8-16(10)9-12-4-5-13(19-12)14(17)18/h4-5,10-11H,2-3,6-9H2,1H3,(H,17,18). The number of piperazine rings is 1. The molecule has 2 saturated heterocycles. The Morgan fingerprint density at radius 1 is 1.47 bits per heavy atom. The SMILES string of the molecule is CC1CN2CCCC2CN1Cc1ccc(C(=O)O)s1. The van der Waals surface area contributed by atoms with Crippen LogP contribution in [0.15, 0.2) is 12.1 Å². The summed E-state index contributed by atoms with van der Waals surface area (Å²) >= 11 is 1.41. The molecule has 2 atom stereocenters. The third kappa shape index (κ3) is 2.68. The molecule has 2 aliphatic rings. The monoisotopic (exact) mass is 280 g/mol. The summed E-state index contributed by atoms with van der Waals surface area (Å²) in [5.74, 6) is -0.815. The van der Waals surface area contributed by atoms with Gasteiger partial charge in [0.15, 0.2) is 0 Å². The van der Waals surface area contributed by atoms with E-state index in [0.29, 0.717) is 10.9 Å². The maximum atomic E-state index is 10.9. The van der Waals surface area contributed by atoms with Crippen molar-refractivity contribution in [2.75, 3.05) is 19.6 Å². The van der Waals surface area contributed by atoms with Crippen LogP contribution in [0.5, 0.6) is 0 Å². The fraction of sp³-hybridized carbons (Fsp3) is 0.643. The predicted octanol–water partition coefficient (Wildman–Crippen LogP) is 2.11. The average Bonchev–Trinajstić information content (AvgIpc) is 2.98. The van der Waals surface area contributed by atoms with Crippen LogP contribution >= 0.6 is 11.3 Å². The van der Waals surface area contributed by atoms with Crippen LogP contribution in [0.4, 0.5) is 0 Å². The number of aromatic carboxylic acids is 1. The Bertz CT molecular complexity index is 474. The minimum absolute atomic E-state index is 0.446.